The number of hydrogen-bond donors (Lipinski definition) is 0. The second kappa shape index (κ2) is 5.71. The van der Waals surface area contributed by atoms with Gasteiger partial charge in [-0.05, 0) is 37.1 Å². The molecule has 0 aliphatic carbocycles. The average molecular weight is 281 g/mol. The summed E-state index contributed by atoms with van der Waals surface area (Å²) in [7, 11) is 0. The molecule has 2 saturated heterocycles. The molecule has 2 fully saturated rings. The molecule has 0 radical (unpaired) electrons. The van der Waals surface area contributed by atoms with Crippen molar-refractivity contribution in [2.45, 2.75) is 24.9 Å². The quantitative estimate of drug-likeness (QED) is 0.797. The van der Waals surface area contributed by atoms with Crippen molar-refractivity contribution in [3.63, 3.8) is 0 Å². The summed E-state index contributed by atoms with van der Waals surface area (Å²) in [6, 6.07) is 9.81. The second-order valence-electron chi connectivity index (χ2n) is 5.68. The zero-order valence-electron chi connectivity index (χ0n) is 12.0. The van der Waals surface area contributed by atoms with E-state index in [1.165, 1.54) is 0 Å². The Bertz CT molecular complexity index is 587. The van der Waals surface area contributed by atoms with E-state index in [2.05, 4.69) is 17.5 Å². The molecule has 4 nitrogen and oxygen atoms in total. The van der Waals surface area contributed by atoms with Crippen LogP contribution < -0.4 is 0 Å². The van der Waals surface area contributed by atoms with Crippen molar-refractivity contribution in [3.8, 4) is 6.07 Å². The SMILES string of the molecule is C=CCN1CC[C@@H]2[C@@H]1CCN2C(=O)c1ccc(C#N)cc1. The maximum absolute atomic E-state index is 12.7. The molecule has 0 saturated carbocycles. The van der Waals surface area contributed by atoms with Gasteiger partial charge < -0.3 is 4.90 Å². The highest BCUT2D eigenvalue weighted by molar-refractivity contribution is 5.94. The van der Waals surface area contributed by atoms with Gasteiger partial charge in [-0.3, -0.25) is 9.69 Å². The molecule has 0 spiro atoms. The molecule has 1 amide bonds. The number of carbonyl (C=O) groups excluding carboxylic acids is 1. The minimum Gasteiger partial charge on any atom is -0.334 e. The lowest BCUT2D eigenvalue weighted by Gasteiger charge is -2.25. The van der Waals surface area contributed by atoms with E-state index in [0.717, 1.165) is 32.5 Å². The van der Waals surface area contributed by atoms with Crippen LogP contribution in [0.4, 0.5) is 0 Å². The minimum atomic E-state index is 0.0902. The van der Waals surface area contributed by atoms with E-state index < -0.39 is 0 Å². The molecule has 1 aromatic carbocycles. The van der Waals surface area contributed by atoms with Crippen LogP contribution in [0.25, 0.3) is 0 Å². The van der Waals surface area contributed by atoms with Crippen molar-refractivity contribution in [1.82, 2.24) is 9.80 Å². The number of hydrogen-bond acceptors (Lipinski definition) is 3. The topological polar surface area (TPSA) is 47.3 Å². The van der Waals surface area contributed by atoms with Gasteiger partial charge in [-0.15, -0.1) is 6.58 Å². The van der Waals surface area contributed by atoms with Crippen LogP contribution in [0.3, 0.4) is 0 Å². The van der Waals surface area contributed by atoms with Crippen molar-refractivity contribution in [2.75, 3.05) is 19.6 Å². The third kappa shape index (κ3) is 2.45. The highest BCUT2D eigenvalue weighted by Gasteiger charge is 2.43. The van der Waals surface area contributed by atoms with Gasteiger partial charge in [-0.25, -0.2) is 0 Å². The highest BCUT2D eigenvalue weighted by atomic mass is 16.2. The Morgan fingerprint density at radius 3 is 2.67 bits per heavy atom. The zero-order chi connectivity index (χ0) is 14.8. The van der Waals surface area contributed by atoms with Crippen molar-refractivity contribution in [2.24, 2.45) is 0 Å². The summed E-state index contributed by atoms with van der Waals surface area (Å²) < 4.78 is 0. The molecular formula is C17H19N3O. The molecule has 21 heavy (non-hydrogen) atoms. The van der Waals surface area contributed by atoms with Crippen LogP contribution in [-0.4, -0.2) is 47.4 Å². The summed E-state index contributed by atoms with van der Waals surface area (Å²) in [5, 5.41) is 8.82. The van der Waals surface area contributed by atoms with E-state index in [1.54, 1.807) is 24.3 Å². The van der Waals surface area contributed by atoms with E-state index >= 15 is 0 Å². The molecule has 2 heterocycles. The lowest BCUT2D eigenvalue weighted by atomic mass is 10.1. The Hall–Kier alpha value is -2.12. The lowest BCUT2D eigenvalue weighted by Crippen LogP contribution is -2.39. The molecule has 3 rings (SSSR count). The maximum atomic E-state index is 12.7. The molecule has 0 bridgehead atoms. The number of likely N-dealkylation sites (tertiary alicyclic amines) is 2. The summed E-state index contributed by atoms with van der Waals surface area (Å²) in [5.74, 6) is 0.0902. The van der Waals surface area contributed by atoms with Crippen LogP contribution in [0.5, 0.6) is 0 Å². The van der Waals surface area contributed by atoms with Gasteiger partial charge in [0.1, 0.15) is 0 Å². The molecule has 0 unspecified atom stereocenters. The standard InChI is InChI=1S/C17H19N3O/c1-2-9-19-10-7-16-15(19)8-11-20(16)17(21)14-5-3-13(12-18)4-6-14/h2-6,15-16H,1,7-11H2/t15-,16+/m0/s1. The normalized spacial score (nSPS) is 24.6. The number of carbonyl (C=O) groups is 1. The van der Waals surface area contributed by atoms with E-state index in [4.69, 9.17) is 5.26 Å². The van der Waals surface area contributed by atoms with Gasteiger partial charge >= 0.3 is 0 Å². The zero-order valence-corrected chi connectivity index (χ0v) is 12.0. The Morgan fingerprint density at radius 2 is 2.00 bits per heavy atom. The summed E-state index contributed by atoms with van der Waals surface area (Å²) in [6.45, 7) is 6.57. The maximum Gasteiger partial charge on any atom is 0.254 e. The first-order chi connectivity index (χ1) is 10.2. The van der Waals surface area contributed by atoms with Crippen molar-refractivity contribution in [3.05, 3.63) is 48.0 Å². The molecule has 2 aliphatic rings. The third-order valence-corrected chi connectivity index (χ3v) is 4.58. The third-order valence-electron chi connectivity index (χ3n) is 4.58. The Kier molecular flexibility index (Phi) is 3.76. The number of nitriles is 1. The van der Waals surface area contributed by atoms with Crippen LogP contribution in [0.15, 0.2) is 36.9 Å². The van der Waals surface area contributed by atoms with Gasteiger partial charge in [0.05, 0.1) is 11.6 Å². The van der Waals surface area contributed by atoms with Crippen molar-refractivity contribution < 1.29 is 4.79 Å². The molecule has 0 N–H and O–H groups in total. The predicted octanol–water partition coefficient (Wildman–Crippen LogP) is 2.03. The Balaban J connectivity index is 1.74. The summed E-state index contributed by atoms with van der Waals surface area (Å²) in [5.41, 5.74) is 1.26. The van der Waals surface area contributed by atoms with Crippen LogP contribution in [-0.2, 0) is 0 Å². The van der Waals surface area contributed by atoms with Crippen LogP contribution in [0.2, 0.25) is 0 Å². The van der Waals surface area contributed by atoms with Crippen molar-refractivity contribution in [1.29, 1.82) is 5.26 Å². The van der Waals surface area contributed by atoms with E-state index in [-0.39, 0.29) is 5.91 Å². The summed E-state index contributed by atoms with van der Waals surface area (Å²) >= 11 is 0. The van der Waals surface area contributed by atoms with Gasteiger partial charge in [0.2, 0.25) is 0 Å². The Labute approximate surface area is 125 Å². The molecule has 108 valence electrons. The Morgan fingerprint density at radius 1 is 1.29 bits per heavy atom. The fraction of sp³-hybridized carbons (Fsp3) is 0.412. The largest absolute Gasteiger partial charge is 0.334 e. The van der Waals surface area contributed by atoms with E-state index in [0.29, 0.717) is 23.2 Å². The molecule has 1 aromatic rings. The number of nitrogens with zero attached hydrogens (tertiary/aromatic N) is 3. The predicted molar refractivity (Wildman–Crippen MR) is 80.8 cm³/mol. The first-order valence-electron chi connectivity index (χ1n) is 7.40. The van der Waals surface area contributed by atoms with Crippen molar-refractivity contribution >= 4 is 5.91 Å². The van der Waals surface area contributed by atoms with Gasteiger partial charge in [-0.1, -0.05) is 6.08 Å². The average Bonchev–Trinajstić information content (AvgIpc) is 3.10. The van der Waals surface area contributed by atoms with Crippen LogP contribution >= 0.6 is 0 Å². The minimum absolute atomic E-state index is 0.0902. The smallest absolute Gasteiger partial charge is 0.254 e. The highest BCUT2D eigenvalue weighted by Crippen LogP contribution is 2.32. The number of fused-ring (bicyclic) bond motifs is 1. The number of amides is 1. The first-order valence-corrected chi connectivity index (χ1v) is 7.40. The number of rotatable bonds is 3. The lowest BCUT2D eigenvalue weighted by molar-refractivity contribution is 0.0733. The summed E-state index contributed by atoms with van der Waals surface area (Å²) in [4.78, 5) is 17.1. The molecule has 2 atom stereocenters. The second-order valence-corrected chi connectivity index (χ2v) is 5.68. The van der Waals surface area contributed by atoms with Gasteiger partial charge in [-0.2, -0.15) is 5.26 Å². The molecule has 2 aliphatic heterocycles. The number of benzene rings is 1. The fourth-order valence-corrected chi connectivity index (χ4v) is 3.57. The summed E-state index contributed by atoms with van der Waals surface area (Å²) in [6.07, 6.45) is 4.02. The van der Waals surface area contributed by atoms with Gasteiger partial charge in [0.15, 0.2) is 0 Å². The first kappa shape index (κ1) is 13.8. The van der Waals surface area contributed by atoms with Gasteiger partial charge in [0, 0.05) is 37.3 Å². The van der Waals surface area contributed by atoms with Crippen LogP contribution in [0, 0.1) is 11.3 Å². The molecular weight excluding hydrogens is 262 g/mol. The fourth-order valence-electron chi connectivity index (χ4n) is 3.57. The molecule has 0 aromatic heterocycles. The van der Waals surface area contributed by atoms with E-state index in [1.807, 2.05) is 11.0 Å². The van der Waals surface area contributed by atoms with Crippen LogP contribution in [0.1, 0.15) is 28.8 Å². The monoisotopic (exact) mass is 281 g/mol. The molecule has 4 heteroatoms. The van der Waals surface area contributed by atoms with E-state index in [9.17, 15) is 4.79 Å². The van der Waals surface area contributed by atoms with Gasteiger partial charge in [0.25, 0.3) is 5.91 Å².